The molecule has 0 atom stereocenters. The lowest BCUT2D eigenvalue weighted by Gasteiger charge is -2.06. The van der Waals surface area contributed by atoms with E-state index in [9.17, 15) is 8.42 Å². The average molecular weight is 318 g/mol. The van der Waals surface area contributed by atoms with Crippen LogP contribution in [-0.2, 0) is 10.1 Å². The van der Waals surface area contributed by atoms with Crippen molar-refractivity contribution in [3.8, 4) is 0 Å². The Bertz CT molecular complexity index is 251. The van der Waals surface area contributed by atoms with E-state index in [4.69, 9.17) is 37.8 Å². The molecule has 86 valence electrons. The van der Waals surface area contributed by atoms with Crippen LogP contribution in [0.15, 0.2) is 0 Å². The highest BCUT2D eigenvalue weighted by atomic mass is 35.8. The van der Waals surface area contributed by atoms with Gasteiger partial charge in [-0.2, -0.15) is 20.2 Å². The zero-order valence-corrected chi connectivity index (χ0v) is 12.2. The molecule has 0 rings (SSSR count). The van der Waals surface area contributed by atoms with Gasteiger partial charge < -0.3 is 0 Å². The van der Waals surface area contributed by atoms with Gasteiger partial charge in [-0.3, -0.25) is 4.55 Å². The summed E-state index contributed by atoms with van der Waals surface area (Å²) in [6, 6.07) is -1.94. The second kappa shape index (κ2) is 6.83. The van der Waals surface area contributed by atoms with Gasteiger partial charge in [0.15, 0.2) is 0 Å². The van der Waals surface area contributed by atoms with Crippen LogP contribution in [0.5, 0.6) is 0 Å². The van der Waals surface area contributed by atoms with E-state index in [2.05, 4.69) is 0 Å². The SMILES string of the molecule is O=S(=O)(O)CCSCCC[Si](Cl)(Cl)Cl. The monoisotopic (exact) mass is 316 g/mol. The zero-order valence-electron chi connectivity index (χ0n) is 7.25. The van der Waals surface area contributed by atoms with E-state index in [0.717, 1.165) is 12.2 Å². The van der Waals surface area contributed by atoms with Crippen LogP contribution in [0.3, 0.4) is 0 Å². The van der Waals surface area contributed by atoms with Crippen molar-refractivity contribution >= 4 is 61.1 Å². The highest BCUT2D eigenvalue weighted by Crippen LogP contribution is 2.27. The largest absolute Gasteiger partial charge is 0.341 e. The topological polar surface area (TPSA) is 54.4 Å². The fourth-order valence-electron chi connectivity index (χ4n) is 0.641. The van der Waals surface area contributed by atoms with Gasteiger partial charge in [0, 0.05) is 5.75 Å². The van der Waals surface area contributed by atoms with Crippen LogP contribution in [0, 0.1) is 0 Å². The summed E-state index contributed by atoms with van der Waals surface area (Å²) in [5.41, 5.74) is 0. The minimum Gasteiger partial charge on any atom is -0.286 e. The summed E-state index contributed by atoms with van der Waals surface area (Å²) < 4.78 is 29.0. The van der Waals surface area contributed by atoms with Crippen molar-refractivity contribution in [1.82, 2.24) is 0 Å². The molecule has 9 heteroatoms. The maximum atomic E-state index is 10.3. The lowest BCUT2D eigenvalue weighted by molar-refractivity contribution is 0.485. The Labute approximate surface area is 103 Å². The van der Waals surface area contributed by atoms with Gasteiger partial charge in [0.1, 0.15) is 0 Å². The van der Waals surface area contributed by atoms with Gasteiger partial charge in [-0.1, -0.05) is 0 Å². The first-order chi connectivity index (χ1) is 6.21. The molecule has 0 aliphatic heterocycles. The van der Waals surface area contributed by atoms with Crippen LogP contribution >= 0.6 is 45.0 Å². The Morgan fingerprint density at radius 3 is 2.21 bits per heavy atom. The summed E-state index contributed by atoms with van der Waals surface area (Å²) in [6.45, 7) is 0. The van der Waals surface area contributed by atoms with E-state index in [1.54, 1.807) is 0 Å². The molecule has 0 aliphatic rings. The summed E-state index contributed by atoms with van der Waals surface area (Å²) in [7, 11) is -3.83. The second-order valence-corrected chi connectivity index (χ2v) is 14.7. The Kier molecular flexibility index (Phi) is 7.48. The normalized spacial score (nSPS) is 13.1. The third-order valence-electron chi connectivity index (χ3n) is 1.23. The van der Waals surface area contributed by atoms with Crippen molar-refractivity contribution in [2.45, 2.75) is 12.5 Å². The Morgan fingerprint density at radius 2 is 1.79 bits per heavy atom. The molecule has 0 heterocycles. The Hall–Kier alpha value is 1.35. The summed E-state index contributed by atoms with van der Waals surface area (Å²) in [6.07, 6.45) is 0.763. The molecule has 0 saturated carbocycles. The molecular weight excluding hydrogens is 307 g/mol. The number of thioether (sulfide) groups is 1. The summed E-state index contributed by atoms with van der Waals surface area (Å²) >= 11 is 18.4. The van der Waals surface area contributed by atoms with E-state index in [1.807, 2.05) is 0 Å². The van der Waals surface area contributed by atoms with Gasteiger partial charge in [0.05, 0.1) is 5.75 Å². The van der Waals surface area contributed by atoms with Crippen molar-refractivity contribution in [2.75, 3.05) is 17.3 Å². The number of halogens is 3. The maximum Gasteiger partial charge on any atom is 0.341 e. The van der Waals surface area contributed by atoms with Crippen molar-refractivity contribution in [3.05, 3.63) is 0 Å². The van der Waals surface area contributed by atoms with E-state index in [-0.39, 0.29) is 5.75 Å². The molecular formula is C5H11Cl3O3S2Si. The van der Waals surface area contributed by atoms with Crippen molar-refractivity contribution in [1.29, 1.82) is 0 Å². The quantitative estimate of drug-likeness (QED) is 0.339. The Morgan fingerprint density at radius 1 is 1.21 bits per heavy atom. The van der Waals surface area contributed by atoms with E-state index < -0.39 is 16.1 Å². The van der Waals surface area contributed by atoms with E-state index in [1.165, 1.54) is 11.8 Å². The highest BCUT2D eigenvalue weighted by Gasteiger charge is 2.23. The van der Waals surface area contributed by atoms with Crippen LogP contribution in [0.4, 0.5) is 0 Å². The van der Waals surface area contributed by atoms with Gasteiger partial charge in [0.25, 0.3) is 10.1 Å². The summed E-state index contributed by atoms with van der Waals surface area (Å²) in [5, 5.41) is 0. The first-order valence-corrected chi connectivity index (χ1v) is 11.8. The van der Waals surface area contributed by atoms with Crippen molar-refractivity contribution < 1.29 is 13.0 Å². The van der Waals surface area contributed by atoms with Crippen LogP contribution in [0.1, 0.15) is 6.42 Å². The predicted octanol–water partition coefficient (Wildman–Crippen LogP) is 2.65. The molecule has 0 aromatic heterocycles. The molecule has 0 fully saturated rings. The molecule has 0 radical (unpaired) electrons. The van der Waals surface area contributed by atoms with Gasteiger partial charge in [-0.15, -0.1) is 33.2 Å². The number of hydrogen-bond donors (Lipinski definition) is 1. The van der Waals surface area contributed by atoms with Gasteiger partial charge in [0.2, 0.25) is 0 Å². The van der Waals surface area contributed by atoms with Crippen LogP contribution in [0.2, 0.25) is 6.04 Å². The minimum atomic E-state index is -3.83. The average Bonchev–Trinajstić information content (AvgIpc) is 1.92. The number of rotatable bonds is 7. The van der Waals surface area contributed by atoms with Gasteiger partial charge >= 0.3 is 6.00 Å². The van der Waals surface area contributed by atoms with Crippen molar-refractivity contribution in [2.24, 2.45) is 0 Å². The fourth-order valence-corrected chi connectivity index (χ4v) is 4.54. The van der Waals surface area contributed by atoms with E-state index in [0.29, 0.717) is 11.8 Å². The second-order valence-electron chi connectivity index (χ2n) is 2.62. The summed E-state index contributed by atoms with van der Waals surface area (Å²) in [4.78, 5) is 0. The lowest BCUT2D eigenvalue weighted by atomic mass is 10.6. The molecule has 14 heavy (non-hydrogen) atoms. The van der Waals surface area contributed by atoms with Crippen LogP contribution in [0.25, 0.3) is 0 Å². The summed E-state index contributed by atoms with van der Waals surface area (Å²) in [5.74, 6) is 0.902. The third kappa shape index (κ3) is 13.3. The Balaban J connectivity index is 3.32. The molecule has 0 saturated heterocycles. The molecule has 0 aromatic rings. The molecule has 0 aromatic carbocycles. The van der Waals surface area contributed by atoms with E-state index >= 15 is 0 Å². The van der Waals surface area contributed by atoms with Crippen LogP contribution in [-0.4, -0.2) is 36.2 Å². The van der Waals surface area contributed by atoms with Crippen molar-refractivity contribution in [3.63, 3.8) is 0 Å². The first-order valence-electron chi connectivity index (χ1n) is 3.80. The predicted molar refractivity (Wildman–Crippen MR) is 66.5 cm³/mol. The maximum absolute atomic E-state index is 10.3. The fraction of sp³-hybridized carbons (Fsp3) is 1.00. The van der Waals surface area contributed by atoms with Gasteiger partial charge in [-0.25, -0.2) is 0 Å². The molecule has 0 spiro atoms. The molecule has 0 amide bonds. The van der Waals surface area contributed by atoms with Gasteiger partial charge in [-0.05, 0) is 18.2 Å². The lowest BCUT2D eigenvalue weighted by Crippen LogP contribution is -2.09. The number of hydrogen-bond acceptors (Lipinski definition) is 3. The first kappa shape index (κ1) is 15.3. The van der Waals surface area contributed by atoms with Crippen LogP contribution < -0.4 is 0 Å². The molecule has 3 nitrogen and oxygen atoms in total. The molecule has 0 bridgehead atoms. The standard InChI is InChI=1S/C5H11Cl3O3S2Si/c6-14(7,8)5-1-2-12-3-4-13(9,10)11/h1-5H2,(H,9,10,11). The highest BCUT2D eigenvalue weighted by molar-refractivity contribution is 8.00. The molecule has 0 unspecified atom stereocenters. The molecule has 0 aliphatic carbocycles. The minimum absolute atomic E-state index is 0.219. The zero-order chi connectivity index (χ0) is 11.2. The smallest absolute Gasteiger partial charge is 0.286 e. The third-order valence-corrected chi connectivity index (χ3v) is 5.90. The molecule has 1 N–H and O–H groups in total.